The summed E-state index contributed by atoms with van der Waals surface area (Å²) in [6, 6.07) is 1.30. The molecule has 0 bridgehead atoms. The van der Waals surface area contributed by atoms with Crippen LogP contribution in [0.3, 0.4) is 0 Å². The van der Waals surface area contributed by atoms with E-state index in [0.717, 1.165) is 0 Å². The highest BCUT2D eigenvalue weighted by Gasteiger charge is 2.47. The van der Waals surface area contributed by atoms with Crippen LogP contribution in [0, 0.1) is 5.92 Å². The van der Waals surface area contributed by atoms with Crippen LogP contribution in [0.15, 0.2) is 16.7 Å². The summed E-state index contributed by atoms with van der Waals surface area (Å²) < 4.78 is 41.5. The Balaban J connectivity index is 2.29. The zero-order chi connectivity index (χ0) is 11.9. The van der Waals surface area contributed by atoms with Crippen LogP contribution in [0.5, 0.6) is 0 Å². The molecule has 1 heterocycles. The molecule has 1 aliphatic rings. The number of Topliss-reactive ketones (excluding diaryl/α,β-unsaturated/α-hetero) is 2. The van der Waals surface area contributed by atoms with Gasteiger partial charge in [-0.1, -0.05) is 0 Å². The maximum atomic E-state index is 12.2. The highest BCUT2D eigenvalue weighted by Crippen LogP contribution is 2.31. The molecule has 0 radical (unpaired) electrons. The van der Waals surface area contributed by atoms with Gasteiger partial charge in [-0.15, -0.1) is 0 Å². The van der Waals surface area contributed by atoms with Crippen molar-refractivity contribution in [1.29, 1.82) is 0 Å². The van der Waals surface area contributed by atoms with Crippen LogP contribution in [0.2, 0.25) is 0 Å². The fourth-order valence-electron chi connectivity index (χ4n) is 1.80. The zero-order valence-electron chi connectivity index (χ0n) is 8.00. The third kappa shape index (κ3) is 1.64. The van der Waals surface area contributed by atoms with Crippen LogP contribution < -0.4 is 0 Å². The molecule has 0 fully saturated rings. The molecule has 1 aromatic rings. The van der Waals surface area contributed by atoms with Crippen molar-refractivity contribution in [2.24, 2.45) is 5.92 Å². The number of alkyl halides is 3. The number of hydrogen-bond donors (Lipinski definition) is 0. The first kappa shape index (κ1) is 10.9. The highest BCUT2D eigenvalue weighted by atomic mass is 19.4. The lowest BCUT2D eigenvalue weighted by Gasteiger charge is -2.19. The molecule has 6 heteroatoms. The quantitative estimate of drug-likeness (QED) is 0.697. The average molecular weight is 232 g/mol. The van der Waals surface area contributed by atoms with Gasteiger partial charge in [0, 0.05) is 6.42 Å². The topological polar surface area (TPSA) is 47.3 Å². The number of fused-ring (bicyclic) bond motifs is 1. The molecule has 0 aliphatic heterocycles. The zero-order valence-corrected chi connectivity index (χ0v) is 8.00. The monoisotopic (exact) mass is 232 g/mol. The molecule has 1 aliphatic carbocycles. The van der Waals surface area contributed by atoms with E-state index in [1.54, 1.807) is 0 Å². The van der Waals surface area contributed by atoms with E-state index in [0.29, 0.717) is 5.76 Å². The summed E-state index contributed by atoms with van der Waals surface area (Å²) in [5.41, 5.74) is 0.0915. The second-order valence-corrected chi connectivity index (χ2v) is 3.57. The van der Waals surface area contributed by atoms with Gasteiger partial charge < -0.3 is 4.42 Å². The molecule has 0 aromatic carbocycles. The smallest absolute Gasteiger partial charge is 0.450 e. The third-order valence-corrected chi connectivity index (χ3v) is 2.58. The fraction of sp³-hybridized carbons (Fsp3) is 0.400. The van der Waals surface area contributed by atoms with Crippen LogP contribution in [-0.2, 0) is 11.2 Å². The number of hydrogen-bond acceptors (Lipinski definition) is 3. The lowest BCUT2D eigenvalue weighted by atomic mass is 9.84. The average Bonchev–Trinajstić information content (AvgIpc) is 2.64. The highest BCUT2D eigenvalue weighted by molar-refractivity contribution is 6.13. The lowest BCUT2D eigenvalue weighted by Crippen LogP contribution is -2.37. The van der Waals surface area contributed by atoms with Crippen molar-refractivity contribution >= 4 is 11.6 Å². The van der Waals surface area contributed by atoms with Gasteiger partial charge >= 0.3 is 6.18 Å². The summed E-state index contributed by atoms with van der Waals surface area (Å²) in [6.45, 7) is 0. The van der Waals surface area contributed by atoms with Crippen LogP contribution >= 0.6 is 0 Å². The standard InChI is InChI=1S/C10H7F3O3/c11-10(12,13)9(15)6-1-2-7-5(8(6)14)3-4-16-7/h3-4,6H,1-2H2/t6-/m0/s1. The summed E-state index contributed by atoms with van der Waals surface area (Å²) >= 11 is 0. The maximum Gasteiger partial charge on any atom is 0.450 e. The number of carbonyl (C=O) groups excluding carboxylic acids is 2. The normalized spacial score (nSPS) is 20.7. The van der Waals surface area contributed by atoms with Crippen molar-refractivity contribution in [1.82, 2.24) is 0 Å². The number of ketones is 2. The molecule has 0 unspecified atom stereocenters. The van der Waals surface area contributed by atoms with Crippen molar-refractivity contribution in [2.75, 3.05) is 0 Å². The summed E-state index contributed by atoms with van der Waals surface area (Å²) in [5, 5.41) is 0. The molecule has 0 spiro atoms. The van der Waals surface area contributed by atoms with Gasteiger partial charge in [0.1, 0.15) is 5.76 Å². The Morgan fingerprint density at radius 1 is 1.44 bits per heavy atom. The molecular formula is C10H7F3O3. The van der Waals surface area contributed by atoms with Crippen molar-refractivity contribution in [3.8, 4) is 0 Å². The van der Waals surface area contributed by atoms with Crippen LogP contribution in [-0.4, -0.2) is 17.7 Å². The number of carbonyl (C=O) groups is 2. The number of rotatable bonds is 1. The molecule has 0 saturated carbocycles. The van der Waals surface area contributed by atoms with E-state index in [2.05, 4.69) is 0 Å². The summed E-state index contributed by atoms with van der Waals surface area (Å²) in [5.74, 6) is -4.01. The van der Waals surface area contributed by atoms with Gasteiger partial charge in [0.05, 0.1) is 17.7 Å². The summed E-state index contributed by atoms with van der Waals surface area (Å²) in [7, 11) is 0. The van der Waals surface area contributed by atoms with Gasteiger partial charge in [-0.2, -0.15) is 13.2 Å². The van der Waals surface area contributed by atoms with Crippen LogP contribution in [0.25, 0.3) is 0 Å². The van der Waals surface area contributed by atoms with E-state index in [4.69, 9.17) is 4.42 Å². The predicted octanol–water partition coefficient (Wildman–Crippen LogP) is 2.16. The number of aryl methyl sites for hydroxylation is 1. The number of furan rings is 1. The lowest BCUT2D eigenvalue weighted by molar-refractivity contribution is -0.174. The SMILES string of the molecule is O=C1c2ccoc2CC[C@@H]1C(=O)C(F)(F)F. The Labute approximate surface area is 88.2 Å². The van der Waals surface area contributed by atoms with E-state index >= 15 is 0 Å². The second-order valence-electron chi connectivity index (χ2n) is 3.57. The molecule has 86 valence electrons. The Hall–Kier alpha value is -1.59. The number of halogens is 3. The summed E-state index contributed by atoms with van der Waals surface area (Å²) in [6.07, 6.45) is -3.68. The molecule has 16 heavy (non-hydrogen) atoms. The Bertz CT molecular complexity index is 444. The van der Waals surface area contributed by atoms with Crippen molar-refractivity contribution in [2.45, 2.75) is 19.0 Å². The van der Waals surface area contributed by atoms with Crippen LogP contribution in [0.1, 0.15) is 22.5 Å². The third-order valence-electron chi connectivity index (χ3n) is 2.58. The van der Waals surface area contributed by atoms with E-state index in [1.165, 1.54) is 12.3 Å². The largest absolute Gasteiger partial charge is 0.469 e. The van der Waals surface area contributed by atoms with Gasteiger partial charge in [-0.25, -0.2) is 0 Å². The summed E-state index contributed by atoms with van der Waals surface area (Å²) in [4.78, 5) is 22.6. The van der Waals surface area contributed by atoms with Gasteiger partial charge in [0.15, 0.2) is 5.78 Å². The van der Waals surface area contributed by atoms with Gasteiger partial charge in [-0.05, 0) is 12.5 Å². The predicted molar refractivity (Wildman–Crippen MR) is 45.9 cm³/mol. The minimum absolute atomic E-state index is 0.0915. The van der Waals surface area contributed by atoms with Gasteiger partial charge in [-0.3, -0.25) is 9.59 Å². The van der Waals surface area contributed by atoms with Crippen molar-refractivity contribution in [3.05, 3.63) is 23.7 Å². The van der Waals surface area contributed by atoms with E-state index < -0.39 is 23.7 Å². The Morgan fingerprint density at radius 2 is 2.12 bits per heavy atom. The molecule has 0 amide bonds. The van der Waals surface area contributed by atoms with Crippen LogP contribution in [0.4, 0.5) is 13.2 Å². The van der Waals surface area contributed by atoms with E-state index in [1.807, 2.05) is 0 Å². The Kier molecular flexibility index (Phi) is 2.36. The van der Waals surface area contributed by atoms with E-state index in [-0.39, 0.29) is 18.4 Å². The first-order valence-electron chi connectivity index (χ1n) is 4.63. The minimum atomic E-state index is -4.96. The van der Waals surface area contributed by atoms with Gasteiger partial charge in [0.25, 0.3) is 0 Å². The van der Waals surface area contributed by atoms with Crippen molar-refractivity contribution in [3.63, 3.8) is 0 Å². The van der Waals surface area contributed by atoms with E-state index in [9.17, 15) is 22.8 Å². The second kappa shape index (κ2) is 3.47. The molecule has 1 aromatic heterocycles. The molecule has 0 saturated heterocycles. The van der Waals surface area contributed by atoms with Crippen molar-refractivity contribution < 1.29 is 27.2 Å². The Morgan fingerprint density at radius 3 is 2.75 bits per heavy atom. The minimum Gasteiger partial charge on any atom is -0.469 e. The molecular weight excluding hydrogens is 225 g/mol. The fourth-order valence-corrected chi connectivity index (χ4v) is 1.80. The maximum absolute atomic E-state index is 12.2. The first-order chi connectivity index (χ1) is 7.41. The molecule has 2 rings (SSSR count). The molecule has 1 atom stereocenters. The molecule has 3 nitrogen and oxygen atoms in total. The molecule has 0 N–H and O–H groups in total. The van der Waals surface area contributed by atoms with Gasteiger partial charge in [0.2, 0.25) is 5.78 Å². The first-order valence-corrected chi connectivity index (χ1v) is 4.63.